The number of ether oxygens (including phenoxy) is 2. The number of carboxylic acids is 1. The molecule has 0 radical (unpaired) electrons. The van der Waals surface area contributed by atoms with Gasteiger partial charge in [0.2, 0.25) is 0 Å². The molecule has 3 rings (SSSR count). The quantitative estimate of drug-likeness (QED) is 0.378. The first-order chi connectivity index (χ1) is 14.7. The fourth-order valence-corrected chi connectivity index (χ4v) is 3.26. The van der Waals surface area contributed by atoms with Crippen molar-refractivity contribution >= 4 is 17.7 Å². The van der Waals surface area contributed by atoms with Crippen LogP contribution in [0.4, 0.5) is 0 Å². The zero-order valence-corrected chi connectivity index (χ0v) is 16.5. The van der Waals surface area contributed by atoms with Crippen LogP contribution in [0.15, 0.2) is 54.6 Å². The Bertz CT molecular complexity index is 958. The average molecular weight is 430 g/mol. The Morgan fingerprint density at radius 1 is 0.935 bits per heavy atom. The summed E-state index contributed by atoms with van der Waals surface area (Å²) < 4.78 is 9.87. The second kappa shape index (κ2) is 9.36. The second-order valence-corrected chi connectivity index (χ2v) is 7.21. The summed E-state index contributed by atoms with van der Waals surface area (Å²) in [5, 5.41) is 38.9. The fourth-order valence-electron chi connectivity index (χ4n) is 3.26. The van der Waals surface area contributed by atoms with E-state index in [2.05, 4.69) is 0 Å². The minimum Gasteiger partial charge on any atom is -0.479 e. The highest BCUT2D eigenvalue weighted by Gasteiger charge is 2.49. The number of carbonyl (C=O) groups excluding carboxylic acids is 2. The molecule has 4 N–H and O–H groups in total. The predicted octanol–water partition coefficient (Wildman–Crippen LogP) is 0.456. The first-order valence-corrected chi connectivity index (χ1v) is 9.53. The molecule has 0 aromatic heterocycles. The number of aliphatic hydroxyl groups is 3. The molecule has 9 heteroatoms. The highest BCUT2D eigenvalue weighted by molar-refractivity contribution is 6.09. The van der Waals surface area contributed by atoms with E-state index < -0.39 is 48.6 Å². The molecule has 0 aliphatic carbocycles. The number of esters is 1. The minimum atomic E-state index is -1.94. The van der Waals surface area contributed by atoms with Gasteiger partial charge in [-0.2, -0.15) is 0 Å². The van der Waals surface area contributed by atoms with Crippen LogP contribution in [0.2, 0.25) is 0 Å². The maximum atomic E-state index is 12.6. The molecule has 1 heterocycles. The molecule has 0 spiro atoms. The smallest absolute Gasteiger partial charge is 0.335 e. The number of ketones is 1. The number of aliphatic carboxylic acids is 1. The largest absolute Gasteiger partial charge is 0.479 e. The summed E-state index contributed by atoms with van der Waals surface area (Å²) in [4.78, 5) is 36.3. The first kappa shape index (κ1) is 22.6. The lowest BCUT2D eigenvalue weighted by atomic mass is 9.95. The van der Waals surface area contributed by atoms with Crippen LogP contribution < -0.4 is 0 Å². The van der Waals surface area contributed by atoms with Gasteiger partial charge in [0.1, 0.15) is 12.2 Å². The van der Waals surface area contributed by atoms with Gasteiger partial charge in [0, 0.05) is 11.1 Å². The molecule has 31 heavy (non-hydrogen) atoms. The van der Waals surface area contributed by atoms with E-state index in [9.17, 15) is 29.7 Å². The molecule has 2 aromatic carbocycles. The summed E-state index contributed by atoms with van der Waals surface area (Å²) in [5.74, 6) is -3.56. The van der Waals surface area contributed by atoms with E-state index in [1.165, 1.54) is 6.92 Å². The van der Waals surface area contributed by atoms with E-state index in [1.54, 1.807) is 54.6 Å². The molecule has 9 nitrogen and oxygen atoms in total. The van der Waals surface area contributed by atoms with Crippen molar-refractivity contribution in [1.29, 1.82) is 0 Å². The molecule has 6 atom stereocenters. The normalized spacial score (nSPS) is 26.6. The van der Waals surface area contributed by atoms with Gasteiger partial charge in [-0.1, -0.05) is 48.5 Å². The van der Waals surface area contributed by atoms with Crippen LogP contribution in [0.5, 0.6) is 0 Å². The Labute approximate surface area is 177 Å². The molecule has 0 unspecified atom stereocenters. The number of rotatable bonds is 6. The molecular weight excluding hydrogens is 408 g/mol. The van der Waals surface area contributed by atoms with Crippen LogP contribution in [-0.4, -0.2) is 68.9 Å². The lowest BCUT2D eigenvalue weighted by molar-refractivity contribution is -0.284. The van der Waals surface area contributed by atoms with Crippen molar-refractivity contribution in [1.82, 2.24) is 0 Å². The summed E-state index contributed by atoms with van der Waals surface area (Å²) in [6.45, 7) is 1.51. The second-order valence-electron chi connectivity index (χ2n) is 7.21. The van der Waals surface area contributed by atoms with Crippen molar-refractivity contribution in [2.75, 3.05) is 0 Å². The third-order valence-electron chi connectivity index (χ3n) is 5.10. The maximum absolute atomic E-state index is 12.6. The zero-order valence-electron chi connectivity index (χ0n) is 16.5. The van der Waals surface area contributed by atoms with Crippen molar-refractivity contribution in [3.63, 3.8) is 0 Å². The van der Waals surface area contributed by atoms with Gasteiger partial charge < -0.3 is 29.9 Å². The molecule has 0 saturated carbocycles. The van der Waals surface area contributed by atoms with Crippen molar-refractivity contribution < 1.29 is 44.3 Å². The third kappa shape index (κ3) is 4.80. The Morgan fingerprint density at radius 3 is 2.23 bits per heavy atom. The van der Waals surface area contributed by atoms with E-state index >= 15 is 0 Å². The molecule has 0 amide bonds. The molecule has 1 aliphatic rings. The van der Waals surface area contributed by atoms with E-state index in [-0.39, 0.29) is 5.78 Å². The van der Waals surface area contributed by atoms with Gasteiger partial charge in [-0.05, 0) is 18.6 Å². The monoisotopic (exact) mass is 430 g/mol. The minimum absolute atomic E-state index is 0.225. The Balaban J connectivity index is 1.73. The summed E-state index contributed by atoms with van der Waals surface area (Å²) in [7, 11) is 0. The van der Waals surface area contributed by atoms with Gasteiger partial charge in [0.05, 0.1) is 5.92 Å². The highest BCUT2D eigenvalue weighted by Crippen LogP contribution is 2.26. The third-order valence-corrected chi connectivity index (χ3v) is 5.10. The van der Waals surface area contributed by atoms with Crippen molar-refractivity contribution in [3.05, 3.63) is 71.3 Å². The molecule has 0 bridgehead atoms. The predicted molar refractivity (Wildman–Crippen MR) is 105 cm³/mol. The number of aliphatic hydroxyl groups excluding tert-OH is 3. The number of carbonyl (C=O) groups is 3. The SMILES string of the molecule is C[C@@H](C(=O)O[C@@H]1[C@@H](O)[C@H](O)[C@@H](C(=O)O)O[C@H]1O)c1cccc(C(=O)c2ccccc2)c1. The van der Waals surface area contributed by atoms with Crippen LogP contribution in [0.25, 0.3) is 0 Å². The van der Waals surface area contributed by atoms with Crippen molar-refractivity contribution in [3.8, 4) is 0 Å². The van der Waals surface area contributed by atoms with E-state index in [1.807, 2.05) is 0 Å². The molecule has 2 aromatic rings. The lowest BCUT2D eigenvalue weighted by Gasteiger charge is -2.38. The molecular formula is C22H22O9. The Morgan fingerprint density at radius 2 is 1.58 bits per heavy atom. The van der Waals surface area contributed by atoms with Crippen molar-refractivity contribution in [2.24, 2.45) is 0 Å². The van der Waals surface area contributed by atoms with Crippen LogP contribution in [0.3, 0.4) is 0 Å². The zero-order chi connectivity index (χ0) is 22.7. The van der Waals surface area contributed by atoms with Gasteiger partial charge in [-0.15, -0.1) is 0 Å². The number of hydrogen-bond donors (Lipinski definition) is 4. The topological polar surface area (TPSA) is 151 Å². The number of carboxylic acid groups (broad SMARTS) is 1. The van der Waals surface area contributed by atoms with Gasteiger partial charge in [-0.25, -0.2) is 4.79 Å². The molecule has 1 fully saturated rings. The van der Waals surface area contributed by atoms with E-state index in [0.29, 0.717) is 16.7 Å². The Kier molecular flexibility index (Phi) is 6.81. The van der Waals surface area contributed by atoms with Crippen LogP contribution >= 0.6 is 0 Å². The fraction of sp³-hybridized carbons (Fsp3) is 0.318. The molecule has 164 valence electrons. The Hall–Kier alpha value is -3.11. The van der Waals surface area contributed by atoms with Crippen LogP contribution in [0.1, 0.15) is 34.3 Å². The number of benzene rings is 2. The van der Waals surface area contributed by atoms with Crippen LogP contribution in [0, 0.1) is 0 Å². The van der Waals surface area contributed by atoms with E-state index in [4.69, 9.17) is 14.6 Å². The van der Waals surface area contributed by atoms with Gasteiger partial charge in [-0.3, -0.25) is 9.59 Å². The van der Waals surface area contributed by atoms with Gasteiger partial charge in [0.25, 0.3) is 0 Å². The molecule has 1 saturated heterocycles. The molecule has 1 aliphatic heterocycles. The summed E-state index contributed by atoms with van der Waals surface area (Å²) in [6.07, 6.45) is -9.26. The highest BCUT2D eigenvalue weighted by atomic mass is 16.7. The average Bonchev–Trinajstić information content (AvgIpc) is 2.78. The lowest BCUT2D eigenvalue weighted by Crippen LogP contribution is -2.61. The standard InChI is InChI=1S/C22H22O9/c1-11(13-8-5-9-14(10-13)15(23)12-6-3-2-4-7-12)21(28)31-19-17(25)16(24)18(20(26)27)30-22(19)29/h2-11,16-19,22,24-25,29H,1H3,(H,26,27)/t11-,16+,17+,18+,19-,22-/m1/s1. The van der Waals surface area contributed by atoms with E-state index in [0.717, 1.165) is 0 Å². The summed E-state index contributed by atoms with van der Waals surface area (Å²) in [5.41, 5.74) is 1.31. The van der Waals surface area contributed by atoms with Gasteiger partial charge >= 0.3 is 11.9 Å². The first-order valence-electron chi connectivity index (χ1n) is 9.53. The van der Waals surface area contributed by atoms with Gasteiger partial charge in [0.15, 0.2) is 24.3 Å². The maximum Gasteiger partial charge on any atom is 0.335 e. The van der Waals surface area contributed by atoms with Crippen LogP contribution in [-0.2, 0) is 19.1 Å². The summed E-state index contributed by atoms with van der Waals surface area (Å²) >= 11 is 0. The van der Waals surface area contributed by atoms with Crippen molar-refractivity contribution in [2.45, 2.75) is 43.5 Å². The number of hydrogen-bond acceptors (Lipinski definition) is 8. The summed E-state index contributed by atoms with van der Waals surface area (Å²) in [6, 6.07) is 15.0.